The van der Waals surface area contributed by atoms with E-state index in [9.17, 15) is 13.2 Å². The third-order valence-corrected chi connectivity index (χ3v) is 10.6. The van der Waals surface area contributed by atoms with Crippen molar-refractivity contribution in [1.82, 2.24) is 34.5 Å². The van der Waals surface area contributed by atoms with Crippen LogP contribution in [-0.4, -0.2) is 46.6 Å². The predicted molar refractivity (Wildman–Crippen MR) is 157 cm³/mol. The van der Waals surface area contributed by atoms with Crippen molar-refractivity contribution in [3.05, 3.63) is 58.3 Å². The topological polar surface area (TPSA) is 146 Å². The van der Waals surface area contributed by atoms with Crippen LogP contribution in [0, 0.1) is 0 Å². The monoisotopic (exact) mass is 660 g/mol. The van der Waals surface area contributed by atoms with Gasteiger partial charge < -0.3 is 5.32 Å². The molecule has 0 radical (unpaired) electrons. The molecule has 204 valence electrons. The number of sulfone groups is 1. The summed E-state index contributed by atoms with van der Waals surface area (Å²) < 4.78 is 25.8. The Morgan fingerprint density at radius 3 is 2.54 bits per heavy atom. The highest BCUT2D eigenvalue weighted by molar-refractivity contribution is 14.1. The summed E-state index contributed by atoms with van der Waals surface area (Å²) in [5, 5.41) is 3.08. The van der Waals surface area contributed by atoms with Crippen molar-refractivity contribution in [3.63, 3.8) is 0 Å². The third-order valence-electron chi connectivity index (χ3n) is 6.88. The Hall–Kier alpha value is -3.07. The van der Waals surface area contributed by atoms with E-state index < -0.39 is 9.84 Å². The number of nitrogens with zero attached hydrogens (tertiary/aromatic N) is 7. The van der Waals surface area contributed by atoms with Crippen LogP contribution in [0.5, 0.6) is 0 Å². The number of anilines is 1. The lowest BCUT2D eigenvalue weighted by atomic mass is 10.1. The fourth-order valence-electron chi connectivity index (χ4n) is 4.38. The minimum absolute atomic E-state index is 0.0249. The molecule has 1 fully saturated rings. The Kier molecular flexibility index (Phi) is 7.89. The first kappa shape index (κ1) is 27.5. The molecule has 4 aromatic heterocycles. The van der Waals surface area contributed by atoms with Gasteiger partial charge in [-0.2, -0.15) is 0 Å². The summed E-state index contributed by atoms with van der Waals surface area (Å²) in [6, 6.07) is 3.01. The molecule has 0 spiro atoms. The maximum absolute atomic E-state index is 13.6. The first-order valence-electron chi connectivity index (χ1n) is 12.9. The molecule has 0 unspecified atom stereocenters. The van der Waals surface area contributed by atoms with Gasteiger partial charge in [-0.25, -0.2) is 33.3 Å². The standard InChI is InChI=1S/C26H29IN8O3S/c1-4-15(3)35-25-20(12-30-23(34-25)21-19(5-2)31-14-32-22(21)16-6-7-16)33-24(26(35)36)29-10-17-8-9-18(11-28-17)39(37,38)13-27/h8-9,11-12,14-16H,4-7,10,13H2,1-3H3,(H,29,33)/t15-/m0/s1. The highest BCUT2D eigenvalue weighted by Gasteiger charge is 2.31. The average Bonchev–Trinajstić information content (AvgIpc) is 3.81. The summed E-state index contributed by atoms with van der Waals surface area (Å²) in [4.78, 5) is 41.2. The van der Waals surface area contributed by atoms with Gasteiger partial charge in [0.25, 0.3) is 5.56 Å². The molecule has 1 atom stereocenters. The predicted octanol–water partition coefficient (Wildman–Crippen LogP) is 4.23. The molecular weight excluding hydrogens is 631 g/mol. The Morgan fingerprint density at radius 1 is 1.10 bits per heavy atom. The van der Waals surface area contributed by atoms with Crippen LogP contribution in [0.25, 0.3) is 22.6 Å². The summed E-state index contributed by atoms with van der Waals surface area (Å²) >= 11 is 1.81. The van der Waals surface area contributed by atoms with Crippen LogP contribution in [0.4, 0.5) is 5.82 Å². The molecule has 4 aromatic rings. The van der Waals surface area contributed by atoms with Gasteiger partial charge in [0.15, 0.2) is 27.1 Å². The molecule has 11 nitrogen and oxygen atoms in total. The van der Waals surface area contributed by atoms with Crippen LogP contribution in [0.3, 0.4) is 0 Å². The molecule has 39 heavy (non-hydrogen) atoms. The van der Waals surface area contributed by atoms with Crippen LogP contribution in [0.1, 0.15) is 69.1 Å². The minimum atomic E-state index is -3.35. The molecule has 1 aliphatic rings. The molecule has 1 saturated carbocycles. The zero-order valence-electron chi connectivity index (χ0n) is 21.9. The van der Waals surface area contributed by atoms with Gasteiger partial charge in [0.1, 0.15) is 15.6 Å². The number of halogens is 1. The van der Waals surface area contributed by atoms with E-state index in [4.69, 9.17) is 4.98 Å². The molecule has 0 bridgehead atoms. The zero-order valence-corrected chi connectivity index (χ0v) is 24.9. The number of nitrogens with one attached hydrogen (secondary N) is 1. The van der Waals surface area contributed by atoms with Crippen molar-refractivity contribution >= 4 is 49.4 Å². The lowest BCUT2D eigenvalue weighted by Gasteiger charge is -2.18. The maximum atomic E-state index is 13.6. The molecule has 0 amide bonds. The SMILES string of the molecule is CCc1ncnc(C2CC2)c1-c1ncc2nc(NCc3ccc(S(=O)(=O)CI)cn3)c(=O)n([C@@H](C)CC)c2n1. The molecule has 4 heterocycles. The Balaban J connectivity index is 1.54. The van der Waals surface area contributed by atoms with Crippen LogP contribution < -0.4 is 10.9 Å². The van der Waals surface area contributed by atoms with E-state index in [1.54, 1.807) is 23.2 Å². The van der Waals surface area contributed by atoms with Gasteiger partial charge in [0.05, 0.1) is 40.3 Å². The number of aromatic nitrogens is 7. The summed E-state index contributed by atoms with van der Waals surface area (Å²) in [6.07, 6.45) is 8.19. The van der Waals surface area contributed by atoms with E-state index in [1.807, 2.05) is 43.4 Å². The Morgan fingerprint density at radius 2 is 1.90 bits per heavy atom. The number of aryl methyl sites for hydroxylation is 1. The van der Waals surface area contributed by atoms with Gasteiger partial charge in [-0.05, 0) is 44.7 Å². The lowest BCUT2D eigenvalue weighted by molar-refractivity contribution is 0.526. The van der Waals surface area contributed by atoms with E-state index in [2.05, 4.69) is 30.2 Å². The van der Waals surface area contributed by atoms with Gasteiger partial charge in [-0.15, -0.1) is 0 Å². The van der Waals surface area contributed by atoms with Gasteiger partial charge in [0.2, 0.25) is 0 Å². The first-order chi connectivity index (χ1) is 18.8. The number of rotatable bonds is 10. The smallest absolute Gasteiger partial charge is 0.295 e. The van der Waals surface area contributed by atoms with E-state index in [-0.39, 0.29) is 32.6 Å². The van der Waals surface area contributed by atoms with E-state index in [0.717, 1.165) is 36.2 Å². The first-order valence-corrected chi connectivity index (χ1v) is 16.1. The Bertz CT molecular complexity index is 1690. The van der Waals surface area contributed by atoms with Crippen molar-refractivity contribution in [2.24, 2.45) is 0 Å². The van der Waals surface area contributed by atoms with Gasteiger partial charge in [-0.3, -0.25) is 14.3 Å². The highest BCUT2D eigenvalue weighted by atomic mass is 127. The van der Waals surface area contributed by atoms with Gasteiger partial charge in [0, 0.05) is 18.2 Å². The van der Waals surface area contributed by atoms with Crippen molar-refractivity contribution < 1.29 is 8.42 Å². The van der Waals surface area contributed by atoms with Gasteiger partial charge >= 0.3 is 0 Å². The zero-order chi connectivity index (χ0) is 27.7. The lowest BCUT2D eigenvalue weighted by Crippen LogP contribution is -2.28. The van der Waals surface area contributed by atoms with Crippen molar-refractivity contribution in [2.75, 3.05) is 9.08 Å². The minimum Gasteiger partial charge on any atom is -0.360 e. The quantitative estimate of drug-likeness (QED) is 0.194. The van der Waals surface area contributed by atoms with E-state index in [0.29, 0.717) is 35.0 Å². The average molecular weight is 661 g/mol. The van der Waals surface area contributed by atoms with Crippen LogP contribution in [0.15, 0.2) is 40.5 Å². The molecule has 0 aliphatic heterocycles. The van der Waals surface area contributed by atoms with Crippen LogP contribution >= 0.6 is 22.6 Å². The molecule has 5 rings (SSSR count). The molecule has 13 heteroatoms. The molecule has 0 saturated heterocycles. The maximum Gasteiger partial charge on any atom is 0.295 e. The second-order valence-electron chi connectivity index (χ2n) is 9.57. The highest BCUT2D eigenvalue weighted by Crippen LogP contribution is 2.43. The summed E-state index contributed by atoms with van der Waals surface area (Å²) in [6.45, 7) is 6.23. The van der Waals surface area contributed by atoms with Crippen LogP contribution in [-0.2, 0) is 22.8 Å². The molecule has 0 aromatic carbocycles. The number of hydrogen-bond acceptors (Lipinski definition) is 10. The van der Waals surface area contributed by atoms with Crippen molar-refractivity contribution in [3.8, 4) is 11.4 Å². The summed E-state index contributed by atoms with van der Waals surface area (Å²) in [5.74, 6) is 1.05. The molecule has 1 aliphatic carbocycles. The largest absolute Gasteiger partial charge is 0.360 e. The van der Waals surface area contributed by atoms with E-state index in [1.165, 1.54) is 12.3 Å². The summed E-state index contributed by atoms with van der Waals surface area (Å²) in [7, 11) is -3.35. The normalized spacial score (nSPS) is 14.5. The second-order valence-corrected chi connectivity index (χ2v) is 13.4. The van der Waals surface area contributed by atoms with Crippen molar-refractivity contribution in [1.29, 1.82) is 0 Å². The third kappa shape index (κ3) is 5.51. The number of hydrogen-bond donors (Lipinski definition) is 1. The number of alkyl halides is 1. The van der Waals surface area contributed by atoms with Crippen molar-refractivity contribution in [2.45, 2.75) is 69.9 Å². The fraction of sp³-hybridized carbons (Fsp3) is 0.423. The Labute approximate surface area is 240 Å². The fourth-order valence-corrected chi connectivity index (χ4v) is 6.07. The van der Waals surface area contributed by atoms with Gasteiger partial charge in [-0.1, -0.05) is 36.4 Å². The number of pyridine rings is 1. The molecular formula is C26H29IN8O3S. The van der Waals surface area contributed by atoms with E-state index >= 15 is 0 Å². The number of fused-ring (bicyclic) bond motifs is 1. The van der Waals surface area contributed by atoms with Crippen LogP contribution in [0.2, 0.25) is 0 Å². The second kappa shape index (κ2) is 11.2. The molecule has 1 N–H and O–H groups in total. The summed E-state index contributed by atoms with van der Waals surface area (Å²) in [5.41, 5.74) is 3.94.